The third-order valence-corrected chi connectivity index (χ3v) is 2.48. The topological polar surface area (TPSA) is 82.5 Å². The van der Waals surface area contributed by atoms with Gasteiger partial charge in [-0.15, -0.1) is 0 Å². The van der Waals surface area contributed by atoms with Gasteiger partial charge >= 0.3 is 11.9 Å². The van der Waals surface area contributed by atoms with Gasteiger partial charge in [0.15, 0.2) is 5.57 Å². The number of rotatable bonds is 2. The molecule has 0 amide bonds. The molecule has 1 fully saturated rings. The van der Waals surface area contributed by atoms with Crippen LogP contribution in [0.3, 0.4) is 0 Å². The molecule has 0 aliphatic carbocycles. The van der Waals surface area contributed by atoms with E-state index in [1.807, 2.05) is 6.92 Å². The SMILES string of the molecule is Cc1cc(NC=C2C(=O)OC(C)(C)OC2=O)n(C)n1. The molecule has 7 nitrogen and oxygen atoms in total. The van der Waals surface area contributed by atoms with E-state index < -0.39 is 17.7 Å². The smallest absolute Gasteiger partial charge is 0.350 e. The van der Waals surface area contributed by atoms with Crippen molar-refractivity contribution in [3.8, 4) is 0 Å². The number of esters is 2. The van der Waals surface area contributed by atoms with E-state index in [1.54, 1.807) is 17.8 Å². The second kappa shape index (κ2) is 4.42. The molecule has 2 rings (SSSR count). The zero-order valence-corrected chi connectivity index (χ0v) is 11.2. The Balaban J connectivity index is 2.18. The fourth-order valence-corrected chi connectivity index (χ4v) is 1.67. The van der Waals surface area contributed by atoms with Crippen molar-refractivity contribution in [3.05, 3.63) is 23.5 Å². The molecule has 0 saturated carbocycles. The molecule has 0 aromatic carbocycles. The highest BCUT2D eigenvalue weighted by Crippen LogP contribution is 2.22. The molecule has 1 aliphatic heterocycles. The summed E-state index contributed by atoms with van der Waals surface area (Å²) in [5.41, 5.74) is 0.636. The summed E-state index contributed by atoms with van der Waals surface area (Å²) in [6.45, 7) is 4.83. The highest BCUT2D eigenvalue weighted by Gasteiger charge is 2.38. The number of carbonyl (C=O) groups excluding carboxylic acids is 2. The maximum Gasteiger partial charge on any atom is 0.350 e. The third-order valence-electron chi connectivity index (χ3n) is 2.48. The van der Waals surface area contributed by atoms with Gasteiger partial charge in [-0.2, -0.15) is 5.10 Å². The minimum atomic E-state index is -1.23. The van der Waals surface area contributed by atoms with Gasteiger partial charge in [0.25, 0.3) is 5.79 Å². The second-order valence-electron chi connectivity index (χ2n) is 4.68. The fourth-order valence-electron chi connectivity index (χ4n) is 1.67. The average Bonchev–Trinajstić information content (AvgIpc) is 2.54. The molecule has 0 bridgehead atoms. The number of ether oxygens (including phenoxy) is 2. The Labute approximate surface area is 110 Å². The van der Waals surface area contributed by atoms with Crippen molar-refractivity contribution in [2.24, 2.45) is 7.05 Å². The van der Waals surface area contributed by atoms with Gasteiger partial charge in [0.2, 0.25) is 0 Å². The summed E-state index contributed by atoms with van der Waals surface area (Å²) < 4.78 is 11.5. The van der Waals surface area contributed by atoms with Crippen LogP contribution in [0.25, 0.3) is 0 Å². The highest BCUT2D eigenvalue weighted by molar-refractivity contribution is 6.15. The molecule has 7 heteroatoms. The van der Waals surface area contributed by atoms with Crippen LogP contribution in [0.15, 0.2) is 17.8 Å². The minimum absolute atomic E-state index is 0.182. The predicted molar refractivity (Wildman–Crippen MR) is 65.9 cm³/mol. The Hall–Kier alpha value is -2.31. The van der Waals surface area contributed by atoms with Crippen LogP contribution >= 0.6 is 0 Å². The molecule has 1 aromatic rings. The number of anilines is 1. The molecular weight excluding hydrogens is 250 g/mol. The number of hydrogen-bond donors (Lipinski definition) is 1. The zero-order chi connectivity index (χ0) is 14.2. The molecule has 2 heterocycles. The lowest BCUT2D eigenvalue weighted by Gasteiger charge is -2.29. The fraction of sp³-hybridized carbons (Fsp3) is 0.417. The largest absolute Gasteiger partial charge is 0.419 e. The van der Waals surface area contributed by atoms with Crippen molar-refractivity contribution >= 4 is 17.8 Å². The molecule has 0 radical (unpaired) electrons. The van der Waals surface area contributed by atoms with Crippen molar-refractivity contribution in [2.45, 2.75) is 26.6 Å². The minimum Gasteiger partial charge on any atom is -0.419 e. The van der Waals surface area contributed by atoms with Crippen molar-refractivity contribution in [1.82, 2.24) is 9.78 Å². The Morgan fingerprint density at radius 1 is 1.32 bits per heavy atom. The van der Waals surface area contributed by atoms with E-state index in [-0.39, 0.29) is 5.57 Å². The molecule has 0 unspecified atom stereocenters. The molecule has 0 spiro atoms. The van der Waals surface area contributed by atoms with Gasteiger partial charge in [-0.1, -0.05) is 0 Å². The standard InChI is InChI=1S/C12H15N3O4/c1-7-5-9(15(4)14-7)13-6-8-10(16)18-12(2,3)19-11(8)17/h5-6,13H,1-4H3. The van der Waals surface area contributed by atoms with Gasteiger partial charge in [-0.25, -0.2) is 9.59 Å². The molecular formula is C12H15N3O4. The maximum atomic E-state index is 11.7. The first-order valence-corrected chi connectivity index (χ1v) is 5.72. The Morgan fingerprint density at radius 2 is 1.89 bits per heavy atom. The number of aromatic nitrogens is 2. The molecule has 102 valence electrons. The number of hydrogen-bond acceptors (Lipinski definition) is 6. The summed E-state index contributed by atoms with van der Waals surface area (Å²) in [5, 5.41) is 6.96. The molecule has 19 heavy (non-hydrogen) atoms. The van der Waals surface area contributed by atoms with Crippen molar-refractivity contribution in [1.29, 1.82) is 0 Å². The number of aryl methyl sites for hydroxylation is 2. The Bertz CT molecular complexity index is 550. The Morgan fingerprint density at radius 3 is 2.37 bits per heavy atom. The van der Waals surface area contributed by atoms with Gasteiger partial charge in [0, 0.05) is 33.2 Å². The van der Waals surface area contributed by atoms with Crippen LogP contribution in [0.4, 0.5) is 5.82 Å². The second-order valence-corrected chi connectivity index (χ2v) is 4.68. The van der Waals surface area contributed by atoms with Gasteiger partial charge in [0.05, 0.1) is 5.69 Å². The van der Waals surface area contributed by atoms with E-state index in [0.29, 0.717) is 5.82 Å². The van der Waals surface area contributed by atoms with E-state index in [2.05, 4.69) is 10.4 Å². The van der Waals surface area contributed by atoms with Crippen LogP contribution in [0.1, 0.15) is 19.5 Å². The normalized spacial score (nSPS) is 17.8. The zero-order valence-electron chi connectivity index (χ0n) is 11.2. The van der Waals surface area contributed by atoms with Gasteiger partial charge < -0.3 is 14.8 Å². The number of nitrogens with one attached hydrogen (secondary N) is 1. The van der Waals surface area contributed by atoms with Crippen molar-refractivity contribution in [2.75, 3.05) is 5.32 Å². The molecule has 0 atom stereocenters. The maximum absolute atomic E-state index is 11.7. The summed E-state index contributed by atoms with van der Waals surface area (Å²) >= 11 is 0. The highest BCUT2D eigenvalue weighted by atomic mass is 16.7. The number of cyclic esters (lactones) is 2. The van der Waals surface area contributed by atoms with Crippen molar-refractivity contribution < 1.29 is 19.1 Å². The quantitative estimate of drug-likeness (QED) is 0.485. The van der Waals surface area contributed by atoms with E-state index in [9.17, 15) is 9.59 Å². The van der Waals surface area contributed by atoms with E-state index >= 15 is 0 Å². The first-order valence-electron chi connectivity index (χ1n) is 5.72. The van der Waals surface area contributed by atoms with E-state index in [4.69, 9.17) is 9.47 Å². The van der Waals surface area contributed by atoms with E-state index in [1.165, 1.54) is 20.0 Å². The van der Waals surface area contributed by atoms with Crippen LogP contribution in [0, 0.1) is 6.92 Å². The van der Waals surface area contributed by atoms with Crippen LogP contribution in [0.5, 0.6) is 0 Å². The summed E-state index contributed by atoms with van der Waals surface area (Å²) in [6.07, 6.45) is 1.26. The summed E-state index contributed by atoms with van der Waals surface area (Å²) in [5.74, 6) is -2.01. The van der Waals surface area contributed by atoms with Crippen molar-refractivity contribution in [3.63, 3.8) is 0 Å². The molecule has 1 saturated heterocycles. The predicted octanol–water partition coefficient (Wildman–Crippen LogP) is 0.860. The van der Waals surface area contributed by atoms with E-state index in [0.717, 1.165) is 5.69 Å². The first-order chi connectivity index (χ1) is 8.78. The lowest BCUT2D eigenvalue weighted by atomic mass is 10.2. The number of carbonyl (C=O) groups is 2. The van der Waals surface area contributed by atoms with Crippen LogP contribution in [-0.2, 0) is 26.1 Å². The number of nitrogens with zero attached hydrogens (tertiary/aromatic N) is 2. The Kier molecular flexibility index (Phi) is 3.05. The monoisotopic (exact) mass is 265 g/mol. The van der Waals surface area contributed by atoms with Gasteiger partial charge in [-0.05, 0) is 6.92 Å². The van der Waals surface area contributed by atoms with Crippen LogP contribution in [-0.4, -0.2) is 27.5 Å². The summed E-state index contributed by atoms with van der Waals surface area (Å²) in [4.78, 5) is 23.4. The first kappa shape index (κ1) is 13.1. The average molecular weight is 265 g/mol. The third kappa shape index (κ3) is 2.75. The van der Waals surface area contributed by atoms with Crippen LogP contribution in [0.2, 0.25) is 0 Å². The molecule has 1 aliphatic rings. The molecule has 1 N–H and O–H groups in total. The summed E-state index contributed by atoms with van der Waals surface area (Å²) in [6, 6.07) is 1.78. The lowest BCUT2D eigenvalue weighted by Crippen LogP contribution is -2.42. The van der Waals surface area contributed by atoms with Crippen LogP contribution < -0.4 is 5.32 Å². The van der Waals surface area contributed by atoms with Gasteiger partial charge in [0.1, 0.15) is 5.82 Å². The van der Waals surface area contributed by atoms with Gasteiger partial charge in [-0.3, -0.25) is 4.68 Å². The lowest BCUT2D eigenvalue weighted by molar-refractivity contribution is -0.222. The summed E-state index contributed by atoms with van der Waals surface area (Å²) in [7, 11) is 1.74. The molecule has 1 aromatic heterocycles.